The number of benzene rings is 1. The summed E-state index contributed by atoms with van der Waals surface area (Å²) in [5, 5.41) is 19.2. The van der Waals surface area contributed by atoms with E-state index in [-0.39, 0.29) is 11.8 Å². The predicted octanol–water partition coefficient (Wildman–Crippen LogP) is 2.50. The Bertz CT molecular complexity index is 783. The Morgan fingerprint density at radius 3 is 2.42 bits per heavy atom. The first-order chi connectivity index (χ1) is 15.9. The number of nitrogens with two attached hydrogens (primary N) is 1. The fourth-order valence-corrected chi connectivity index (χ4v) is 5.74. The summed E-state index contributed by atoms with van der Waals surface area (Å²) in [6, 6.07) is 8.82. The molecule has 7 nitrogen and oxygen atoms in total. The van der Waals surface area contributed by atoms with Gasteiger partial charge in [-0.3, -0.25) is 14.5 Å². The average Bonchev–Trinajstić information content (AvgIpc) is 3.06. The Morgan fingerprint density at radius 1 is 1.18 bits per heavy atom. The summed E-state index contributed by atoms with van der Waals surface area (Å²) in [5.74, 6) is 0.116. The van der Waals surface area contributed by atoms with Gasteiger partial charge in [0.1, 0.15) is 0 Å². The van der Waals surface area contributed by atoms with Crippen molar-refractivity contribution in [1.82, 2.24) is 9.80 Å². The SMILES string of the molecule is CCC(CC)CN(CCCN1[C@@H]2CC[C@H]1CC(c1cccc(C(N)=O)c1)C2)C(=O)[C@@H](O)CO. The van der Waals surface area contributed by atoms with Gasteiger partial charge in [0.05, 0.1) is 6.61 Å². The molecule has 0 aliphatic carbocycles. The first kappa shape index (κ1) is 25.7. The van der Waals surface area contributed by atoms with Crippen LogP contribution in [0.3, 0.4) is 0 Å². The van der Waals surface area contributed by atoms with Crippen molar-refractivity contribution >= 4 is 11.8 Å². The first-order valence-electron chi connectivity index (χ1n) is 12.6. The third-order valence-corrected chi connectivity index (χ3v) is 7.77. The van der Waals surface area contributed by atoms with E-state index in [4.69, 9.17) is 5.73 Å². The lowest BCUT2D eigenvalue weighted by atomic mass is 9.84. The molecule has 2 aliphatic heterocycles. The summed E-state index contributed by atoms with van der Waals surface area (Å²) in [7, 11) is 0. The van der Waals surface area contributed by atoms with Gasteiger partial charge in [-0.1, -0.05) is 38.8 Å². The molecule has 2 saturated heterocycles. The van der Waals surface area contributed by atoms with Crippen LogP contribution < -0.4 is 5.73 Å². The number of rotatable bonds is 12. The van der Waals surface area contributed by atoms with E-state index in [1.165, 1.54) is 18.4 Å². The number of carbonyl (C=O) groups excluding carboxylic acids is 2. The fourth-order valence-electron chi connectivity index (χ4n) is 5.74. The van der Waals surface area contributed by atoms with Crippen LogP contribution in [-0.4, -0.2) is 76.3 Å². The highest BCUT2D eigenvalue weighted by molar-refractivity contribution is 5.92. The van der Waals surface area contributed by atoms with Crippen molar-refractivity contribution in [3.8, 4) is 0 Å². The number of nitrogens with zero attached hydrogens (tertiary/aromatic N) is 2. The second kappa shape index (κ2) is 12.0. The molecule has 2 aliphatic rings. The van der Waals surface area contributed by atoms with Crippen LogP contribution in [0, 0.1) is 5.92 Å². The van der Waals surface area contributed by atoms with E-state index in [1.54, 1.807) is 11.0 Å². The van der Waals surface area contributed by atoms with Crippen molar-refractivity contribution in [3.63, 3.8) is 0 Å². The van der Waals surface area contributed by atoms with Crippen molar-refractivity contribution in [3.05, 3.63) is 35.4 Å². The minimum absolute atomic E-state index is 0.361. The molecule has 4 N–H and O–H groups in total. The first-order valence-corrected chi connectivity index (χ1v) is 12.6. The fraction of sp³-hybridized carbons (Fsp3) is 0.692. The zero-order valence-electron chi connectivity index (χ0n) is 20.2. The lowest BCUT2D eigenvalue weighted by molar-refractivity contribution is -0.143. The van der Waals surface area contributed by atoms with Crippen molar-refractivity contribution in [2.24, 2.45) is 11.7 Å². The van der Waals surface area contributed by atoms with Crippen LogP contribution >= 0.6 is 0 Å². The lowest BCUT2D eigenvalue weighted by Gasteiger charge is -2.39. The average molecular weight is 460 g/mol. The maximum absolute atomic E-state index is 12.6. The Labute approximate surface area is 197 Å². The highest BCUT2D eigenvalue weighted by atomic mass is 16.3. The van der Waals surface area contributed by atoms with Crippen LogP contribution in [-0.2, 0) is 4.79 Å². The van der Waals surface area contributed by atoms with E-state index < -0.39 is 12.7 Å². The molecule has 1 unspecified atom stereocenters. The molecule has 2 fully saturated rings. The van der Waals surface area contributed by atoms with Gasteiger partial charge in [0.2, 0.25) is 5.91 Å². The third-order valence-electron chi connectivity index (χ3n) is 7.77. The number of amides is 2. The van der Waals surface area contributed by atoms with Gasteiger partial charge in [0.15, 0.2) is 6.10 Å². The van der Waals surface area contributed by atoms with Gasteiger partial charge in [-0.05, 0) is 61.6 Å². The predicted molar refractivity (Wildman–Crippen MR) is 129 cm³/mol. The normalized spacial score (nSPS) is 23.6. The lowest BCUT2D eigenvalue weighted by Crippen LogP contribution is -2.46. The molecule has 184 valence electrons. The molecule has 4 atom stereocenters. The number of hydrogen-bond acceptors (Lipinski definition) is 5. The van der Waals surface area contributed by atoms with Crippen molar-refractivity contribution < 1.29 is 19.8 Å². The van der Waals surface area contributed by atoms with E-state index in [0.29, 0.717) is 42.6 Å². The summed E-state index contributed by atoms with van der Waals surface area (Å²) in [4.78, 5) is 28.5. The van der Waals surface area contributed by atoms with E-state index in [0.717, 1.165) is 38.6 Å². The van der Waals surface area contributed by atoms with Crippen molar-refractivity contribution in [2.45, 2.75) is 82.9 Å². The van der Waals surface area contributed by atoms with Crippen LogP contribution in [0.15, 0.2) is 24.3 Å². The largest absolute Gasteiger partial charge is 0.393 e. The number of piperidine rings is 1. The van der Waals surface area contributed by atoms with Crippen molar-refractivity contribution in [2.75, 3.05) is 26.2 Å². The topological polar surface area (TPSA) is 107 Å². The quantitative estimate of drug-likeness (QED) is 0.445. The molecular formula is C26H41N3O4. The summed E-state index contributed by atoms with van der Waals surface area (Å²) in [6.07, 6.45) is 6.05. The molecule has 7 heteroatoms. The van der Waals surface area contributed by atoms with Gasteiger partial charge < -0.3 is 20.8 Å². The number of primary amides is 1. The second-order valence-electron chi connectivity index (χ2n) is 9.80. The minimum Gasteiger partial charge on any atom is -0.393 e. The van der Waals surface area contributed by atoms with Crippen LogP contribution in [0.1, 0.15) is 80.6 Å². The molecule has 1 aromatic rings. The van der Waals surface area contributed by atoms with Crippen LogP contribution in [0.2, 0.25) is 0 Å². The van der Waals surface area contributed by atoms with E-state index in [2.05, 4.69) is 24.8 Å². The molecule has 0 aromatic heterocycles. The molecular weight excluding hydrogens is 418 g/mol. The highest BCUT2D eigenvalue weighted by Crippen LogP contribution is 2.43. The molecule has 3 rings (SSSR count). The second-order valence-corrected chi connectivity index (χ2v) is 9.80. The summed E-state index contributed by atoms with van der Waals surface area (Å²) in [5.41, 5.74) is 7.26. The Balaban J connectivity index is 1.57. The minimum atomic E-state index is -1.33. The zero-order valence-corrected chi connectivity index (χ0v) is 20.2. The number of aliphatic hydroxyl groups excluding tert-OH is 2. The number of hydrogen-bond donors (Lipinski definition) is 3. The number of aliphatic hydroxyl groups is 2. The van der Waals surface area contributed by atoms with E-state index in [9.17, 15) is 19.8 Å². The van der Waals surface area contributed by atoms with E-state index >= 15 is 0 Å². The summed E-state index contributed by atoms with van der Waals surface area (Å²) in [6.45, 7) is 5.89. The van der Waals surface area contributed by atoms with Gasteiger partial charge >= 0.3 is 0 Å². The Hall–Kier alpha value is -1.96. The summed E-state index contributed by atoms with van der Waals surface area (Å²) >= 11 is 0. The van der Waals surface area contributed by atoms with Crippen molar-refractivity contribution in [1.29, 1.82) is 0 Å². The van der Waals surface area contributed by atoms with Crippen LogP contribution in [0.25, 0.3) is 0 Å². The van der Waals surface area contributed by atoms with Crippen LogP contribution in [0.5, 0.6) is 0 Å². The van der Waals surface area contributed by atoms with E-state index in [1.807, 2.05) is 12.1 Å². The maximum atomic E-state index is 12.6. The Kier molecular flexibility index (Phi) is 9.29. The highest BCUT2D eigenvalue weighted by Gasteiger charge is 2.40. The molecule has 0 spiro atoms. The molecule has 33 heavy (non-hydrogen) atoms. The standard InChI is InChI=1S/C26H41N3O4/c1-3-18(4-2)16-28(26(33)24(31)17-30)11-6-12-29-22-9-10-23(29)15-21(14-22)19-7-5-8-20(13-19)25(27)32/h5,7-8,13,18,21-24,30-31H,3-4,6,9-12,14-17H2,1-2H3,(H2,27,32)/t21?,22-,23+,24-/m0/s1. The molecule has 0 saturated carbocycles. The molecule has 2 bridgehead atoms. The number of carbonyl (C=O) groups is 2. The molecule has 0 radical (unpaired) electrons. The maximum Gasteiger partial charge on any atom is 0.253 e. The summed E-state index contributed by atoms with van der Waals surface area (Å²) < 4.78 is 0. The van der Waals surface area contributed by atoms with Gasteiger partial charge in [-0.2, -0.15) is 0 Å². The van der Waals surface area contributed by atoms with Gasteiger partial charge in [0.25, 0.3) is 5.91 Å². The Morgan fingerprint density at radius 2 is 1.85 bits per heavy atom. The smallest absolute Gasteiger partial charge is 0.253 e. The number of fused-ring (bicyclic) bond motifs is 2. The molecule has 1 aromatic carbocycles. The van der Waals surface area contributed by atoms with Gasteiger partial charge in [0, 0.05) is 37.3 Å². The van der Waals surface area contributed by atoms with Crippen LogP contribution in [0.4, 0.5) is 0 Å². The molecule has 2 amide bonds. The monoisotopic (exact) mass is 459 g/mol. The molecule has 2 heterocycles. The third kappa shape index (κ3) is 6.34. The van der Waals surface area contributed by atoms with Gasteiger partial charge in [-0.25, -0.2) is 0 Å². The van der Waals surface area contributed by atoms with Gasteiger partial charge in [-0.15, -0.1) is 0 Å². The zero-order chi connectivity index (χ0) is 24.0.